The van der Waals surface area contributed by atoms with Crippen LogP contribution >= 0.6 is 0 Å². The average molecular weight is 493 g/mol. The number of fused-ring (bicyclic) bond motifs is 2. The van der Waals surface area contributed by atoms with Gasteiger partial charge in [-0.3, -0.25) is 14.3 Å². The Kier molecular flexibility index (Phi) is 5.92. The fourth-order valence-electron chi connectivity index (χ4n) is 5.13. The number of carbonyl (C=O) groups excluding carboxylic acids is 2. The van der Waals surface area contributed by atoms with Crippen molar-refractivity contribution in [2.45, 2.75) is 25.3 Å². The van der Waals surface area contributed by atoms with Crippen LogP contribution in [0.15, 0.2) is 79.4 Å². The van der Waals surface area contributed by atoms with E-state index in [4.69, 9.17) is 0 Å². The quantitative estimate of drug-likeness (QED) is 0.399. The molecule has 5 aromatic rings. The SMILES string of the molecule is Cn1ncc2ccc(C(=O)N3CCC(c4ccc(C(=O)NCc5ccn6ccnc6c5)cc4)CC3)cc21. The van der Waals surface area contributed by atoms with Gasteiger partial charge in [0.25, 0.3) is 11.8 Å². The van der Waals surface area contributed by atoms with E-state index in [1.807, 2.05) is 89.5 Å². The van der Waals surface area contributed by atoms with Gasteiger partial charge in [-0.25, -0.2) is 4.98 Å². The van der Waals surface area contributed by atoms with Crippen LogP contribution in [0, 0.1) is 0 Å². The summed E-state index contributed by atoms with van der Waals surface area (Å²) in [6, 6.07) is 17.6. The maximum atomic E-state index is 13.1. The summed E-state index contributed by atoms with van der Waals surface area (Å²) < 4.78 is 3.73. The van der Waals surface area contributed by atoms with Crippen molar-refractivity contribution in [2.75, 3.05) is 13.1 Å². The van der Waals surface area contributed by atoms with Gasteiger partial charge in [0.15, 0.2) is 0 Å². The minimum atomic E-state index is -0.0967. The molecule has 0 unspecified atom stereocenters. The normalized spacial score (nSPS) is 14.4. The molecule has 186 valence electrons. The second-order valence-electron chi connectivity index (χ2n) is 9.64. The molecule has 1 N–H and O–H groups in total. The minimum Gasteiger partial charge on any atom is -0.348 e. The lowest BCUT2D eigenvalue weighted by Gasteiger charge is -2.32. The van der Waals surface area contributed by atoms with E-state index in [0.717, 1.165) is 48.0 Å². The second-order valence-corrected chi connectivity index (χ2v) is 9.64. The van der Waals surface area contributed by atoms with E-state index in [2.05, 4.69) is 15.4 Å². The Morgan fingerprint density at radius 1 is 0.973 bits per heavy atom. The Labute approximate surface area is 214 Å². The number of carbonyl (C=O) groups is 2. The van der Waals surface area contributed by atoms with Gasteiger partial charge in [-0.2, -0.15) is 5.10 Å². The number of piperidine rings is 1. The van der Waals surface area contributed by atoms with Crippen molar-refractivity contribution in [3.8, 4) is 0 Å². The lowest BCUT2D eigenvalue weighted by atomic mass is 9.88. The molecule has 8 heteroatoms. The standard InChI is InChI=1S/C29H28N6O2/c1-33-26-17-24(6-7-25(26)19-32-33)29(37)35-13-9-22(10-14-35)21-2-4-23(5-3-21)28(36)31-18-20-8-12-34-15-11-30-27(34)16-20/h2-8,11-12,15-17,19,22H,9-10,13-14,18H2,1H3,(H,31,36). The monoisotopic (exact) mass is 492 g/mol. The summed E-state index contributed by atoms with van der Waals surface area (Å²) in [5.74, 6) is 0.350. The van der Waals surface area contributed by atoms with Crippen molar-refractivity contribution in [1.29, 1.82) is 0 Å². The van der Waals surface area contributed by atoms with E-state index in [-0.39, 0.29) is 11.8 Å². The maximum Gasteiger partial charge on any atom is 0.253 e. The van der Waals surface area contributed by atoms with Crippen LogP contribution in [0.5, 0.6) is 0 Å². The van der Waals surface area contributed by atoms with Crippen LogP contribution in [0.3, 0.4) is 0 Å². The van der Waals surface area contributed by atoms with Crippen molar-refractivity contribution >= 4 is 28.4 Å². The summed E-state index contributed by atoms with van der Waals surface area (Å²) in [7, 11) is 1.89. The minimum absolute atomic E-state index is 0.0699. The molecule has 1 aliphatic heterocycles. The first kappa shape index (κ1) is 23.0. The van der Waals surface area contributed by atoms with E-state index in [0.29, 0.717) is 23.6 Å². The Balaban J connectivity index is 1.04. The highest BCUT2D eigenvalue weighted by Crippen LogP contribution is 2.29. The number of rotatable bonds is 5. The third-order valence-corrected chi connectivity index (χ3v) is 7.34. The molecule has 8 nitrogen and oxygen atoms in total. The summed E-state index contributed by atoms with van der Waals surface area (Å²) >= 11 is 0. The maximum absolute atomic E-state index is 13.1. The lowest BCUT2D eigenvalue weighted by molar-refractivity contribution is 0.0713. The van der Waals surface area contributed by atoms with Crippen LogP contribution in [0.1, 0.15) is 50.6 Å². The molecule has 0 aliphatic carbocycles. The first-order valence-electron chi connectivity index (χ1n) is 12.6. The van der Waals surface area contributed by atoms with Crippen molar-refractivity contribution in [3.05, 3.63) is 102 Å². The van der Waals surface area contributed by atoms with Gasteiger partial charge in [0.05, 0.1) is 11.7 Å². The molecule has 1 fully saturated rings. The van der Waals surface area contributed by atoms with Crippen LogP contribution < -0.4 is 5.32 Å². The lowest BCUT2D eigenvalue weighted by Crippen LogP contribution is -2.37. The summed E-state index contributed by atoms with van der Waals surface area (Å²) in [5.41, 5.74) is 5.38. The molecule has 1 aliphatic rings. The molecule has 1 saturated heterocycles. The molecule has 6 rings (SSSR count). The van der Waals surface area contributed by atoms with Crippen LogP contribution in [-0.4, -0.2) is 49.0 Å². The zero-order valence-electron chi connectivity index (χ0n) is 20.7. The highest BCUT2D eigenvalue weighted by atomic mass is 16.2. The van der Waals surface area contributed by atoms with E-state index in [1.54, 1.807) is 10.9 Å². The fraction of sp³-hybridized carbons (Fsp3) is 0.241. The van der Waals surface area contributed by atoms with Gasteiger partial charge in [-0.05, 0) is 66.3 Å². The molecule has 0 radical (unpaired) electrons. The zero-order valence-corrected chi connectivity index (χ0v) is 20.7. The first-order chi connectivity index (χ1) is 18.0. The van der Waals surface area contributed by atoms with Gasteiger partial charge in [0, 0.05) is 61.8 Å². The van der Waals surface area contributed by atoms with E-state index < -0.39 is 0 Å². The Morgan fingerprint density at radius 2 is 1.76 bits per heavy atom. The number of pyridine rings is 1. The van der Waals surface area contributed by atoms with Crippen molar-refractivity contribution in [1.82, 2.24) is 29.4 Å². The predicted octanol–water partition coefficient (Wildman–Crippen LogP) is 4.17. The summed E-state index contributed by atoms with van der Waals surface area (Å²) in [6.07, 6.45) is 9.21. The molecule has 2 amide bonds. The van der Waals surface area contributed by atoms with Crippen LogP contribution in [-0.2, 0) is 13.6 Å². The molecule has 2 aromatic carbocycles. The molecule has 0 bridgehead atoms. The highest BCUT2D eigenvalue weighted by molar-refractivity contribution is 5.98. The van der Waals surface area contributed by atoms with Crippen molar-refractivity contribution in [3.63, 3.8) is 0 Å². The van der Waals surface area contributed by atoms with Crippen molar-refractivity contribution in [2.24, 2.45) is 7.05 Å². The molecule has 0 saturated carbocycles. The second kappa shape index (κ2) is 9.54. The Bertz CT molecular complexity index is 1590. The van der Waals surface area contributed by atoms with E-state index >= 15 is 0 Å². The Morgan fingerprint density at radius 3 is 2.57 bits per heavy atom. The van der Waals surface area contributed by atoms with Crippen LogP contribution in [0.25, 0.3) is 16.6 Å². The van der Waals surface area contributed by atoms with Crippen LogP contribution in [0.2, 0.25) is 0 Å². The third kappa shape index (κ3) is 4.58. The molecule has 0 atom stereocenters. The number of nitrogens with zero attached hydrogens (tertiary/aromatic N) is 5. The molecule has 3 aromatic heterocycles. The molecular weight excluding hydrogens is 464 g/mol. The number of likely N-dealkylation sites (tertiary alicyclic amines) is 1. The number of aryl methyl sites for hydroxylation is 1. The smallest absolute Gasteiger partial charge is 0.253 e. The van der Waals surface area contributed by atoms with E-state index in [1.165, 1.54) is 5.56 Å². The Hall–Kier alpha value is -4.46. The number of aromatic nitrogens is 4. The number of benzene rings is 2. The summed E-state index contributed by atoms with van der Waals surface area (Å²) in [6.45, 7) is 1.88. The van der Waals surface area contributed by atoms with Gasteiger partial charge in [0.1, 0.15) is 5.65 Å². The van der Waals surface area contributed by atoms with Gasteiger partial charge in [0.2, 0.25) is 0 Å². The number of imidazole rings is 1. The van der Waals surface area contributed by atoms with Crippen LogP contribution in [0.4, 0.5) is 0 Å². The number of hydrogen-bond acceptors (Lipinski definition) is 4. The number of amides is 2. The highest BCUT2D eigenvalue weighted by Gasteiger charge is 2.25. The summed E-state index contributed by atoms with van der Waals surface area (Å²) in [4.78, 5) is 32.0. The fourth-order valence-corrected chi connectivity index (χ4v) is 5.13. The molecule has 0 spiro atoms. The van der Waals surface area contributed by atoms with Gasteiger partial charge in [-0.15, -0.1) is 0 Å². The predicted molar refractivity (Wildman–Crippen MR) is 141 cm³/mol. The largest absolute Gasteiger partial charge is 0.348 e. The van der Waals surface area contributed by atoms with Crippen molar-refractivity contribution < 1.29 is 9.59 Å². The van der Waals surface area contributed by atoms with E-state index in [9.17, 15) is 9.59 Å². The topological polar surface area (TPSA) is 84.5 Å². The number of hydrogen-bond donors (Lipinski definition) is 1. The molecule has 37 heavy (non-hydrogen) atoms. The average Bonchev–Trinajstić information content (AvgIpc) is 3.57. The molecule has 4 heterocycles. The summed E-state index contributed by atoms with van der Waals surface area (Å²) in [5, 5.41) is 8.29. The number of nitrogens with one attached hydrogen (secondary N) is 1. The van der Waals surface area contributed by atoms with Gasteiger partial charge < -0.3 is 14.6 Å². The van der Waals surface area contributed by atoms with Gasteiger partial charge >= 0.3 is 0 Å². The molecular formula is C29H28N6O2. The third-order valence-electron chi connectivity index (χ3n) is 7.34. The zero-order chi connectivity index (χ0) is 25.4. The van der Waals surface area contributed by atoms with Gasteiger partial charge in [-0.1, -0.05) is 18.2 Å². The first-order valence-corrected chi connectivity index (χ1v) is 12.6.